The molecule has 136 valence electrons. The van der Waals surface area contributed by atoms with Crippen LogP contribution < -0.4 is 0 Å². The number of ether oxygens (including phenoxy) is 1. The van der Waals surface area contributed by atoms with Crippen molar-refractivity contribution in [3.63, 3.8) is 0 Å². The zero-order valence-corrected chi connectivity index (χ0v) is 13.9. The summed E-state index contributed by atoms with van der Waals surface area (Å²) in [5.41, 5.74) is -11.0. The molecule has 0 aromatic heterocycles. The van der Waals surface area contributed by atoms with Crippen molar-refractivity contribution in [3.05, 3.63) is 0 Å². The van der Waals surface area contributed by atoms with Crippen LogP contribution >= 0.6 is 15.9 Å². The third-order valence-corrected chi connectivity index (χ3v) is 4.86. The molecule has 1 fully saturated rings. The second-order valence-electron chi connectivity index (χ2n) is 5.30. The molecule has 0 aliphatic carbocycles. The zero-order chi connectivity index (χ0) is 22.1. The minimum absolute atomic E-state index is 1.06. The second kappa shape index (κ2) is 6.36. The first kappa shape index (κ1) is 15.2. The average molecular weight is 415 g/mol. The van der Waals surface area contributed by atoms with Gasteiger partial charge in [0.1, 0.15) is 12.2 Å². The Bertz CT molecular complexity index is 679. The van der Waals surface area contributed by atoms with Crippen LogP contribution in [0.25, 0.3) is 0 Å². The van der Waals surface area contributed by atoms with E-state index in [0.29, 0.717) is 0 Å². The quantitative estimate of drug-likeness (QED) is 0.373. The zero-order valence-electron chi connectivity index (χ0n) is 16.3. The number of rotatable bonds is 5. The van der Waals surface area contributed by atoms with Gasteiger partial charge in [-0.1, -0.05) is 15.9 Å². The third-order valence-electron chi connectivity index (χ3n) is 3.98. The Morgan fingerprint density at radius 3 is 1.96 bits per heavy atom. The molecule has 1 aliphatic rings. The summed E-state index contributed by atoms with van der Waals surface area (Å²) in [4.78, 5) is 48.9. The second-order valence-corrected chi connectivity index (χ2v) is 6.13. The number of carbonyl (C=O) groups is 4. The molecule has 0 aromatic rings. The van der Waals surface area contributed by atoms with Crippen LogP contribution in [-0.2, 0) is 23.9 Å². The summed E-state index contributed by atoms with van der Waals surface area (Å²) in [6.45, 7) is -5.02. The van der Waals surface area contributed by atoms with Crippen LogP contribution in [-0.4, -0.2) is 77.6 Å². The molecule has 10 heteroatoms. The van der Waals surface area contributed by atoms with Crippen LogP contribution in [0.3, 0.4) is 0 Å². The molecule has 6 atom stereocenters. The summed E-state index contributed by atoms with van der Waals surface area (Å²) >= 11 is 2.64. The summed E-state index contributed by atoms with van der Waals surface area (Å²) in [7, 11) is 0. The van der Waals surface area contributed by atoms with Gasteiger partial charge >= 0.3 is 0 Å². The lowest BCUT2D eigenvalue weighted by molar-refractivity contribution is -0.310. The van der Waals surface area contributed by atoms with Crippen molar-refractivity contribution in [3.8, 4) is 0 Å². The van der Waals surface area contributed by atoms with Crippen molar-refractivity contribution in [1.82, 2.24) is 0 Å². The molecule has 1 rings (SSSR count). The van der Waals surface area contributed by atoms with Crippen LogP contribution in [0.4, 0.5) is 0 Å². The molecule has 0 spiro atoms. The minimum atomic E-state index is -3.85. The monoisotopic (exact) mass is 414 g/mol. The van der Waals surface area contributed by atoms with Crippen molar-refractivity contribution in [2.45, 2.75) is 61.6 Å². The van der Waals surface area contributed by atoms with Crippen LogP contribution in [0, 0.1) is 0 Å². The maximum absolute atomic E-state index is 12.4. The van der Waals surface area contributed by atoms with Crippen molar-refractivity contribution in [2.75, 3.05) is 0 Å². The molecule has 1 heterocycles. The number of alkyl halides is 1. The highest BCUT2D eigenvalue weighted by molar-refractivity contribution is 9.09. The molecule has 9 nitrogen and oxygen atoms in total. The number of carbonyl (C=O) groups excluding carboxylic acids is 4. The van der Waals surface area contributed by atoms with E-state index in [1.54, 1.807) is 0 Å². The number of hydrogen-bond donors (Lipinski definition) is 4. The average Bonchev–Trinajstić information content (AvgIpc) is 2.71. The molecule has 1 aliphatic heterocycles. The van der Waals surface area contributed by atoms with Gasteiger partial charge in [0.05, 0.1) is 0 Å². The van der Waals surface area contributed by atoms with Crippen LogP contribution in [0.2, 0.25) is 0 Å². The molecule has 0 amide bonds. The number of Topliss-reactive ketones (excluding diaryl/α,β-unsaturated/α-hetero) is 4. The van der Waals surface area contributed by atoms with Gasteiger partial charge < -0.3 is 25.2 Å². The van der Waals surface area contributed by atoms with E-state index in [0.717, 1.165) is 0 Å². The van der Waals surface area contributed by atoms with Gasteiger partial charge in [0.15, 0.2) is 39.3 Å². The fourth-order valence-corrected chi connectivity index (χ4v) is 3.39. The molecule has 24 heavy (non-hydrogen) atoms. The van der Waals surface area contributed by atoms with E-state index in [9.17, 15) is 39.6 Å². The Balaban J connectivity index is 3.94. The SMILES string of the molecule is [2H]CC(=O)C(O)[C@H]1OC(Br)[C@](O)(C(=O)C[2H])[C@](O)(C(=O)C[2H])[C@@]1(O)C(=O)C[2H]. The van der Waals surface area contributed by atoms with Gasteiger partial charge in [-0.2, -0.15) is 0 Å². The number of aliphatic hydroxyl groups is 4. The lowest BCUT2D eigenvalue weighted by atomic mass is 9.60. The van der Waals surface area contributed by atoms with Gasteiger partial charge in [-0.25, -0.2) is 0 Å². The topological polar surface area (TPSA) is 158 Å². The highest BCUT2D eigenvalue weighted by atomic mass is 79.9. The van der Waals surface area contributed by atoms with E-state index < -0.39 is 84.8 Å². The van der Waals surface area contributed by atoms with Crippen molar-refractivity contribution in [2.24, 2.45) is 0 Å². The van der Waals surface area contributed by atoms with E-state index >= 15 is 0 Å². The van der Waals surface area contributed by atoms with E-state index in [4.69, 9.17) is 10.2 Å². The van der Waals surface area contributed by atoms with Crippen molar-refractivity contribution in [1.29, 1.82) is 0 Å². The molecular formula is C14H19BrO9. The summed E-state index contributed by atoms with van der Waals surface area (Å²) in [5, 5.41) is 40.9. The molecular weight excluding hydrogens is 392 g/mol. The molecule has 2 unspecified atom stereocenters. The standard InChI is InChI=1S/C14H19BrO9/c1-5(16)9(20)10-12(21,6(2)17)14(23,8(4)19)13(22,7(3)18)11(15)24-10/h9-11,20-23H,1-4H3/t9?,10-,11?,12-,13-,14+/m1/s1/i1D,2D,3D,4D. The minimum Gasteiger partial charge on any atom is -0.382 e. The van der Waals surface area contributed by atoms with Crippen LogP contribution in [0.1, 0.15) is 33.1 Å². The molecule has 0 saturated carbocycles. The smallest absolute Gasteiger partial charge is 0.200 e. The molecule has 0 radical (unpaired) electrons. The number of ketones is 4. The van der Waals surface area contributed by atoms with Crippen molar-refractivity contribution >= 4 is 39.1 Å². The van der Waals surface area contributed by atoms with Gasteiger partial charge in [0, 0.05) is 5.48 Å². The fraction of sp³-hybridized carbons (Fsp3) is 0.714. The normalized spacial score (nSPS) is 42.9. The van der Waals surface area contributed by atoms with Crippen LogP contribution in [0.15, 0.2) is 0 Å². The lowest BCUT2D eigenvalue weighted by Crippen LogP contribution is -2.86. The summed E-state index contributed by atoms with van der Waals surface area (Å²) in [5.74, 6) is -6.37. The molecule has 4 N–H and O–H groups in total. The Kier molecular flexibility index (Phi) is 4.03. The molecule has 0 aromatic carbocycles. The highest BCUT2D eigenvalue weighted by Gasteiger charge is 2.78. The van der Waals surface area contributed by atoms with E-state index in [2.05, 4.69) is 15.9 Å². The molecule has 1 saturated heterocycles. The maximum Gasteiger partial charge on any atom is 0.200 e. The first-order chi connectivity index (χ1) is 12.9. The molecule has 0 bridgehead atoms. The van der Waals surface area contributed by atoms with Gasteiger partial charge in [-0.05, 0) is 27.6 Å². The van der Waals surface area contributed by atoms with Crippen molar-refractivity contribution < 1.29 is 49.8 Å². The highest BCUT2D eigenvalue weighted by Crippen LogP contribution is 2.48. The van der Waals surface area contributed by atoms with E-state index in [1.165, 1.54) is 0 Å². The Morgan fingerprint density at radius 2 is 1.50 bits per heavy atom. The fourth-order valence-electron chi connectivity index (χ4n) is 2.57. The van der Waals surface area contributed by atoms with Gasteiger partial charge in [-0.3, -0.25) is 19.2 Å². The van der Waals surface area contributed by atoms with E-state index in [1.807, 2.05) is 0 Å². The Hall–Kier alpha value is -1.04. The van der Waals surface area contributed by atoms with Gasteiger partial charge in [-0.15, -0.1) is 0 Å². The summed E-state index contributed by atoms with van der Waals surface area (Å²) < 4.78 is 33.6. The predicted molar refractivity (Wildman–Crippen MR) is 81.2 cm³/mol. The summed E-state index contributed by atoms with van der Waals surface area (Å²) in [6.07, 6.45) is -4.95. The first-order valence-corrected chi connectivity index (χ1v) is 7.21. The number of halogens is 1. The largest absolute Gasteiger partial charge is 0.382 e. The summed E-state index contributed by atoms with van der Waals surface area (Å²) in [6, 6.07) is 0. The first-order valence-electron chi connectivity index (χ1n) is 9.13. The Morgan fingerprint density at radius 1 is 1.00 bits per heavy atom. The maximum atomic E-state index is 12.4. The van der Waals surface area contributed by atoms with Crippen LogP contribution in [0.5, 0.6) is 0 Å². The third kappa shape index (κ3) is 2.40. The number of aliphatic hydroxyl groups excluding tert-OH is 1. The van der Waals surface area contributed by atoms with Gasteiger partial charge in [0.2, 0.25) is 5.60 Å². The van der Waals surface area contributed by atoms with E-state index in [-0.39, 0.29) is 0 Å². The number of hydrogen-bond acceptors (Lipinski definition) is 9. The Labute approximate surface area is 151 Å². The lowest BCUT2D eigenvalue weighted by Gasteiger charge is -2.57. The predicted octanol–water partition coefficient (Wildman–Crippen LogP) is -1.98. The van der Waals surface area contributed by atoms with Gasteiger partial charge in [0.25, 0.3) is 0 Å².